The molecule has 2 heterocycles. The number of piperazine rings is 1. The van der Waals surface area contributed by atoms with E-state index in [0.29, 0.717) is 36.0 Å². The van der Waals surface area contributed by atoms with Crippen molar-refractivity contribution in [3.05, 3.63) is 96.2 Å². The van der Waals surface area contributed by atoms with E-state index in [-0.39, 0.29) is 5.91 Å². The first-order valence-corrected chi connectivity index (χ1v) is 12.1. The minimum atomic E-state index is -0.0237. The van der Waals surface area contributed by atoms with Gasteiger partial charge in [-0.1, -0.05) is 48.5 Å². The van der Waals surface area contributed by atoms with Gasteiger partial charge in [0.2, 0.25) is 0 Å². The molecular formula is C29H30N4O3. The van der Waals surface area contributed by atoms with Gasteiger partial charge < -0.3 is 14.4 Å². The fraction of sp³-hybridized carbons (Fsp3) is 0.241. The van der Waals surface area contributed by atoms with E-state index in [1.807, 2.05) is 65.6 Å². The zero-order valence-electron chi connectivity index (χ0n) is 20.6. The highest BCUT2D eigenvalue weighted by atomic mass is 16.5. The van der Waals surface area contributed by atoms with Gasteiger partial charge in [-0.15, -0.1) is 0 Å². The number of rotatable bonds is 7. The molecule has 184 valence electrons. The van der Waals surface area contributed by atoms with Crippen LogP contribution < -0.4 is 9.47 Å². The smallest absolute Gasteiger partial charge is 0.272 e. The molecule has 1 amide bonds. The number of carbonyl (C=O) groups is 1. The molecule has 1 saturated heterocycles. The van der Waals surface area contributed by atoms with Crippen LogP contribution in [0.2, 0.25) is 0 Å². The molecule has 7 nitrogen and oxygen atoms in total. The zero-order chi connectivity index (χ0) is 24.9. The average Bonchev–Trinajstić information content (AvgIpc) is 3.39. The summed E-state index contributed by atoms with van der Waals surface area (Å²) in [4.78, 5) is 18.1. The fourth-order valence-corrected chi connectivity index (χ4v) is 4.55. The number of carbonyl (C=O) groups excluding carboxylic acids is 1. The molecular weight excluding hydrogens is 452 g/mol. The Bertz CT molecular complexity index is 1310. The normalized spacial score (nSPS) is 14.0. The Balaban J connectivity index is 1.41. The van der Waals surface area contributed by atoms with Crippen LogP contribution in [0.15, 0.2) is 84.9 Å². The van der Waals surface area contributed by atoms with Gasteiger partial charge in [0.15, 0.2) is 0 Å². The number of benzene rings is 3. The van der Waals surface area contributed by atoms with Crippen LogP contribution in [0.1, 0.15) is 16.1 Å². The summed E-state index contributed by atoms with van der Waals surface area (Å²) in [7, 11) is 3.24. The van der Waals surface area contributed by atoms with Crippen LogP contribution in [0.4, 0.5) is 0 Å². The fourth-order valence-electron chi connectivity index (χ4n) is 4.55. The van der Waals surface area contributed by atoms with Crippen molar-refractivity contribution in [2.75, 3.05) is 40.4 Å². The number of ether oxygens (including phenoxy) is 2. The van der Waals surface area contributed by atoms with E-state index in [1.54, 1.807) is 18.9 Å². The zero-order valence-corrected chi connectivity index (χ0v) is 20.6. The minimum absolute atomic E-state index is 0.0237. The van der Waals surface area contributed by atoms with Crippen LogP contribution in [-0.4, -0.2) is 65.9 Å². The lowest BCUT2D eigenvalue weighted by Gasteiger charge is -2.34. The van der Waals surface area contributed by atoms with Crippen LogP contribution in [0.5, 0.6) is 11.5 Å². The van der Waals surface area contributed by atoms with Gasteiger partial charge in [-0.05, 0) is 35.9 Å². The molecule has 3 aromatic carbocycles. The number of hydrogen-bond acceptors (Lipinski definition) is 5. The summed E-state index contributed by atoms with van der Waals surface area (Å²) in [5.41, 5.74) is 4.13. The topological polar surface area (TPSA) is 59.8 Å². The number of nitrogens with zero attached hydrogens (tertiary/aromatic N) is 4. The molecule has 4 aromatic rings. The largest absolute Gasteiger partial charge is 0.497 e. The van der Waals surface area contributed by atoms with E-state index < -0.39 is 0 Å². The second-order valence-electron chi connectivity index (χ2n) is 8.78. The lowest BCUT2D eigenvalue weighted by molar-refractivity contribution is 0.0619. The molecule has 1 fully saturated rings. The van der Waals surface area contributed by atoms with Gasteiger partial charge in [0, 0.05) is 44.4 Å². The maximum absolute atomic E-state index is 13.8. The molecule has 1 aliphatic heterocycles. The number of para-hydroxylation sites is 1. The summed E-state index contributed by atoms with van der Waals surface area (Å²) in [6.45, 7) is 3.91. The molecule has 5 rings (SSSR count). The molecule has 7 heteroatoms. The van der Waals surface area contributed by atoms with E-state index in [2.05, 4.69) is 29.2 Å². The lowest BCUT2D eigenvalue weighted by Crippen LogP contribution is -2.48. The van der Waals surface area contributed by atoms with Gasteiger partial charge in [0.25, 0.3) is 5.91 Å². The van der Waals surface area contributed by atoms with Crippen molar-refractivity contribution in [1.82, 2.24) is 19.6 Å². The Labute approximate surface area is 211 Å². The van der Waals surface area contributed by atoms with Crippen molar-refractivity contribution < 1.29 is 14.3 Å². The van der Waals surface area contributed by atoms with Gasteiger partial charge in [-0.25, -0.2) is 4.68 Å². The third-order valence-electron chi connectivity index (χ3n) is 6.52. The molecule has 0 spiro atoms. The highest BCUT2D eigenvalue weighted by Gasteiger charge is 2.27. The lowest BCUT2D eigenvalue weighted by atomic mass is 10.1. The van der Waals surface area contributed by atoms with E-state index >= 15 is 0 Å². The molecule has 0 aliphatic carbocycles. The van der Waals surface area contributed by atoms with Crippen molar-refractivity contribution in [1.29, 1.82) is 0 Å². The maximum Gasteiger partial charge on any atom is 0.272 e. The SMILES string of the molecule is COc1ccc(-c2cc(C(=O)N3CCN(Cc4ccccc4)CC3)n(-c3ccccc3)n2)c(OC)c1. The minimum Gasteiger partial charge on any atom is -0.497 e. The number of methoxy groups -OCH3 is 2. The monoisotopic (exact) mass is 482 g/mol. The van der Waals surface area contributed by atoms with Gasteiger partial charge in [-0.3, -0.25) is 9.69 Å². The molecule has 0 atom stereocenters. The maximum atomic E-state index is 13.8. The Kier molecular flexibility index (Phi) is 7.00. The van der Waals surface area contributed by atoms with Crippen molar-refractivity contribution >= 4 is 5.91 Å². The quantitative estimate of drug-likeness (QED) is 0.388. The van der Waals surface area contributed by atoms with Crippen LogP contribution in [0, 0.1) is 0 Å². The van der Waals surface area contributed by atoms with E-state index in [0.717, 1.165) is 30.9 Å². The Hall–Kier alpha value is -4.10. The Morgan fingerprint density at radius 1 is 0.833 bits per heavy atom. The first-order chi connectivity index (χ1) is 17.7. The van der Waals surface area contributed by atoms with Crippen LogP contribution in [0.3, 0.4) is 0 Å². The number of hydrogen-bond donors (Lipinski definition) is 0. The summed E-state index contributed by atoms with van der Waals surface area (Å²) in [5, 5.41) is 4.84. The summed E-state index contributed by atoms with van der Waals surface area (Å²) >= 11 is 0. The summed E-state index contributed by atoms with van der Waals surface area (Å²) < 4.78 is 12.7. The average molecular weight is 483 g/mol. The van der Waals surface area contributed by atoms with Crippen molar-refractivity contribution in [2.45, 2.75) is 6.54 Å². The van der Waals surface area contributed by atoms with Crippen molar-refractivity contribution in [3.8, 4) is 28.4 Å². The first kappa shape index (κ1) is 23.6. The molecule has 0 bridgehead atoms. The Morgan fingerprint density at radius 3 is 2.19 bits per heavy atom. The molecule has 36 heavy (non-hydrogen) atoms. The van der Waals surface area contributed by atoms with Crippen molar-refractivity contribution in [2.24, 2.45) is 0 Å². The third-order valence-corrected chi connectivity index (χ3v) is 6.52. The van der Waals surface area contributed by atoms with Crippen LogP contribution in [-0.2, 0) is 6.54 Å². The summed E-state index contributed by atoms with van der Waals surface area (Å²) in [6, 6.07) is 27.7. The predicted molar refractivity (Wildman–Crippen MR) is 140 cm³/mol. The predicted octanol–water partition coefficient (Wildman–Crippen LogP) is 4.51. The van der Waals surface area contributed by atoms with Gasteiger partial charge in [0.1, 0.15) is 17.2 Å². The summed E-state index contributed by atoms with van der Waals surface area (Å²) in [5.74, 6) is 1.31. The second kappa shape index (κ2) is 10.7. The molecule has 1 aromatic heterocycles. The van der Waals surface area contributed by atoms with Gasteiger partial charge >= 0.3 is 0 Å². The van der Waals surface area contributed by atoms with Crippen molar-refractivity contribution in [3.63, 3.8) is 0 Å². The number of amides is 1. The third kappa shape index (κ3) is 4.97. The van der Waals surface area contributed by atoms with E-state index in [4.69, 9.17) is 14.6 Å². The van der Waals surface area contributed by atoms with E-state index in [1.165, 1.54) is 5.56 Å². The summed E-state index contributed by atoms with van der Waals surface area (Å²) in [6.07, 6.45) is 0. The molecule has 1 aliphatic rings. The number of aromatic nitrogens is 2. The van der Waals surface area contributed by atoms with Gasteiger partial charge in [0.05, 0.1) is 25.6 Å². The Morgan fingerprint density at radius 2 is 1.53 bits per heavy atom. The highest BCUT2D eigenvalue weighted by molar-refractivity contribution is 5.94. The van der Waals surface area contributed by atoms with Gasteiger partial charge in [-0.2, -0.15) is 5.10 Å². The van der Waals surface area contributed by atoms with Crippen LogP contribution >= 0.6 is 0 Å². The molecule has 0 N–H and O–H groups in total. The molecule has 0 unspecified atom stereocenters. The molecule has 0 radical (unpaired) electrons. The van der Waals surface area contributed by atoms with E-state index in [9.17, 15) is 4.79 Å². The standard InChI is InChI=1S/C29H30N4O3/c1-35-24-13-14-25(28(19-24)36-2)26-20-27(33(30-26)23-11-7-4-8-12-23)29(34)32-17-15-31(16-18-32)21-22-9-5-3-6-10-22/h3-14,19-20H,15-18,21H2,1-2H3. The molecule has 0 saturated carbocycles. The second-order valence-corrected chi connectivity index (χ2v) is 8.78. The van der Waals surface area contributed by atoms with Crippen LogP contribution in [0.25, 0.3) is 16.9 Å². The highest BCUT2D eigenvalue weighted by Crippen LogP contribution is 2.33. The first-order valence-electron chi connectivity index (χ1n) is 12.1.